The summed E-state index contributed by atoms with van der Waals surface area (Å²) in [5, 5.41) is 4.89. The highest BCUT2D eigenvalue weighted by atomic mass is 32.1. The van der Waals surface area contributed by atoms with Gasteiger partial charge >= 0.3 is 0 Å². The monoisotopic (exact) mass is 302 g/mol. The zero-order valence-electron chi connectivity index (χ0n) is 13.2. The molecule has 1 N–H and O–H groups in total. The van der Waals surface area contributed by atoms with Gasteiger partial charge in [0.15, 0.2) is 0 Å². The van der Waals surface area contributed by atoms with Crippen LogP contribution in [-0.2, 0) is 13.1 Å². The maximum Gasteiger partial charge on any atom is 0.0349 e. The Morgan fingerprint density at radius 3 is 2.81 bits per heavy atom. The van der Waals surface area contributed by atoms with Crippen molar-refractivity contribution in [3.8, 4) is 0 Å². The fraction of sp³-hybridized carbons (Fsp3) is 0.444. The van der Waals surface area contributed by atoms with Gasteiger partial charge < -0.3 is 5.32 Å². The first-order valence-electron chi connectivity index (χ1n) is 7.83. The van der Waals surface area contributed by atoms with Gasteiger partial charge in [0.05, 0.1) is 0 Å². The summed E-state index contributed by atoms with van der Waals surface area (Å²) in [7, 11) is 0. The van der Waals surface area contributed by atoms with E-state index in [1.165, 1.54) is 26.9 Å². The minimum atomic E-state index is 0.957. The van der Waals surface area contributed by atoms with Gasteiger partial charge in [0.25, 0.3) is 0 Å². The second kappa shape index (κ2) is 8.32. The van der Waals surface area contributed by atoms with Crippen LogP contribution in [0.25, 0.3) is 10.1 Å². The highest BCUT2D eigenvalue weighted by molar-refractivity contribution is 7.19. The zero-order valence-corrected chi connectivity index (χ0v) is 14.0. The molecular weight excluding hydrogens is 276 g/mol. The van der Waals surface area contributed by atoms with Gasteiger partial charge in [0.2, 0.25) is 0 Å². The third-order valence-electron chi connectivity index (χ3n) is 3.63. The average molecular weight is 302 g/mol. The summed E-state index contributed by atoms with van der Waals surface area (Å²) in [5.74, 6) is 0. The van der Waals surface area contributed by atoms with Crippen LogP contribution in [0.15, 0.2) is 36.9 Å². The molecule has 0 unspecified atom stereocenters. The van der Waals surface area contributed by atoms with Crippen molar-refractivity contribution in [1.29, 1.82) is 0 Å². The maximum atomic E-state index is 3.89. The van der Waals surface area contributed by atoms with Gasteiger partial charge in [-0.15, -0.1) is 17.9 Å². The van der Waals surface area contributed by atoms with E-state index in [2.05, 4.69) is 54.9 Å². The molecule has 0 atom stereocenters. The standard InChI is InChI=1S/C18H26N2S/c1-4-11-20(12-5-2)14-16-15-9-7-8-10-17(15)21-18(16)13-19-6-3/h4,7-10,19H,1,5-6,11-14H2,2-3H3. The van der Waals surface area contributed by atoms with E-state index in [-0.39, 0.29) is 0 Å². The molecule has 0 radical (unpaired) electrons. The third-order valence-corrected chi connectivity index (χ3v) is 4.84. The van der Waals surface area contributed by atoms with E-state index in [4.69, 9.17) is 0 Å². The highest BCUT2D eigenvalue weighted by Crippen LogP contribution is 2.32. The predicted molar refractivity (Wildman–Crippen MR) is 95.0 cm³/mol. The van der Waals surface area contributed by atoms with Crippen molar-refractivity contribution in [2.45, 2.75) is 33.4 Å². The van der Waals surface area contributed by atoms with Gasteiger partial charge in [-0.3, -0.25) is 4.90 Å². The quantitative estimate of drug-likeness (QED) is 0.690. The third kappa shape index (κ3) is 4.16. The predicted octanol–water partition coefficient (Wildman–Crippen LogP) is 4.41. The SMILES string of the molecule is C=CCN(CCC)Cc1c(CNCC)sc2ccccc12. The summed E-state index contributed by atoms with van der Waals surface area (Å²) in [5.41, 5.74) is 1.49. The Kier molecular flexibility index (Phi) is 6.43. The van der Waals surface area contributed by atoms with E-state index < -0.39 is 0 Å². The summed E-state index contributed by atoms with van der Waals surface area (Å²) in [4.78, 5) is 3.96. The number of rotatable bonds is 9. The van der Waals surface area contributed by atoms with Crippen molar-refractivity contribution < 1.29 is 0 Å². The molecule has 2 nitrogen and oxygen atoms in total. The average Bonchev–Trinajstić information content (AvgIpc) is 2.84. The van der Waals surface area contributed by atoms with Crippen molar-refractivity contribution in [2.24, 2.45) is 0 Å². The molecule has 1 heterocycles. The van der Waals surface area contributed by atoms with Crippen molar-refractivity contribution in [3.05, 3.63) is 47.4 Å². The lowest BCUT2D eigenvalue weighted by atomic mass is 10.1. The Hall–Kier alpha value is -1.16. The highest BCUT2D eigenvalue weighted by Gasteiger charge is 2.14. The van der Waals surface area contributed by atoms with Crippen LogP contribution in [-0.4, -0.2) is 24.5 Å². The topological polar surface area (TPSA) is 15.3 Å². The van der Waals surface area contributed by atoms with Crippen molar-refractivity contribution in [2.75, 3.05) is 19.6 Å². The van der Waals surface area contributed by atoms with E-state index in [0.717, 1.165) is 32.7 Å². The lowest BCUT2D eigenvalue weighted by Crippen LogP contribution is -2.25. The van der Waals surface area contributed by atoms with Crippen LogP contribution >= 0.6 is 11.3 Å². The Balaban J connectivity index is 2.31. The van der Waals surface area contributed by atoms with Gasteiger partial charge in [-0.2, -0.15) is 0 Å². The van der Waals surface area contributed by atoms with Gasteiger partial charge in [0, 0.05) is 29.2 Å². The van der Waals surface area contributed by atoms with E-state index in [1.807, 2.05) is 17.4 Å². The molecule has 0 aliphatic carbocycles. The number of fused-ring (bicyclic) bond motifs is 1. The van der Waals surface area contributed by atoms with E-state index in [9.17, 15) is 0 Å². The zero-order chi connectivity index (χ0) is 15.1. The lowest BCUT2D eigenvalue weighted by Gasteiger charge is -2.20. The van der Waals surface area contributed by atoms with Crippen LogP contribution in [0.2, 0.25) is 0 Å². The van der Waals surface area contributed by atoms with Crippen LogP contribution in [0.5, 0.6) is 0 Å². The molecule has 0 bridgehead atoms. The summed E-state index contributed by atoms with van der Waals surface area (Å²) in [6.45, 7) is 13.4. The van der Waals surface area contributed by atoms with Gasteiger partial charge in [0.1, 0.15) is 0 Å². The molecule has 2 rings (SSSR count). The van der Waals surface area contributed by atoms with Crippen molar-refractivity contribution in [3.63, 3.8) is 0 Å². The first-order chi connectivity index (χ1) is 10.3. The molecule has 0 aliphatic rings. The maximum absolute atomic E-state index is 3.89. The van der Waals surface area contributed by atoms with Crippen LogP contribution in [0.1, 0.15) is 30.7 Å². The minimum Gasteiger partial charge on any atom is -0.312 e. The van der Waals surface area contributed by atoms with Gasteiger partial charge in [-0.25, -0.2) is 0 Å². The number of hydrogen-bond donors (Lipinski definition) is 1. The molecule has 0 spiro atoms. The second-order valence-corrected chi connectivity index (χ2v) is 6.44. The van der Waals surface area contributed by atoms with Crippen LogP contribution in [0, 0.1) is 0 Å². The fourth-order valence-corrected chi connectivity index (χ4v) is 3.85. The Bertz CT molecular complexity index is 574. The molecule has 0 fully saturated rings. The number of nitrogens with one attached hydrogen (secondary N) is 1. The molecule has 0 saturated heterocycles. The summed E-state index contributed by atoms with van der Waals surface area (Å²) in [6.07, 6.45) is 3.19. The summed E-state index contributed by atoms with van der Waals surface area (Å²) in [6, 6.07) is 8.77. The largest absolute Gasteiger partial charge is 0.312 e. The molecular formula is C18H26N2S. The summed E-state index contributed by atoms with van der Waals surface area (Å²) >= 11 is 1.93. The number of thiophene rings is 1. The second-order valence-electron chi connectivity index (χ2n) is 5.30. The van der Waals surface area contributed by atoms with E-state index in [0.29, 0.717) is 0 Å². The van der Waals surface area contributed by atoms with Crippen LogP contribution in [0.4, 0.5) is 0 Å². The molecule has 21 heavy (non-hydrogen) atoms. The molecule has 0 saturated carbocycles. The van der Waals surface area contributed by atoms with Crippen LogP contribution in [0.3, 0.4) is 0 Å². The molecule has 114 valence electrons. The molecule has 2 aromatic rings. The Morgan fingerprint density at radius 2 is 2.10 bits per heavy atom. The molecule has 0 amide bonds. The minimum absolute atomic E-state index is 0.957. The number of benzene rings is 1. The fourth-order valence-electron chi connectivity index (χ4n) is 2.66. The van der Waals surface area contributed by atoms with E-state index >= 15 is 0 Å². The molecule has 1 aromatic heterocycles. The molecule has 3 heteroatoms. The number of nitrogens with zero attached hydrogens (tertiary/aromatic N) is 1. The van der Waals surface area contributed by atoms with E-state index in [1.54, 1.807) is 0 Å². The van der Waals surface area contributed by atoms with Gasteiger partial charge in [-0.1, -0.05) is 38.1 Å². The van der Waals surface area contributed by atoms with Crippen molar-refractivity contribution in [1.82, 2.24) is 10.2 Å². The lowest BCUT2D eigenvalue weighted by molar-refractivity contribution is 0.295. The Morgan fingerprint density at radius 1 is 1.29 bits per heavy atom. The normalized spacial score (nSPS) is 11.4. The Labute approximate surface area is 132 Å². The molecule has 0 aliphatic heterocycles. The number of hydrogen-bond acceptors (Lipinski definition) is 3. The summed E-state index contributed by atoms with van der Waals surface area (Å²) < 4.78 is 1.40. The van der Waals surface area contributed by atoms with Crippen LogP contribution < -0.4 is 5.32 Å². The first kappa shape index (κ1) is 16.2. The first-order valence-corrected chi connectivity index (χ1v) is 8.65. The van der Waals surface area contributed by atoms with Crippen molar-refractivity contribution >= 4 is 21.4 Å². The van der Waals surface area contributed by atoms with Gasteiger partial charge in [-0.05, 0) is 36.5 Å². The smallest absolute Gasteiger partial charge is 0.0349 e. The molecule has 1 aromatic carbocycles.